The number of hydrogen-bond acceptors (Lipinski definition) is 5. The first-order chi connectivity index (χ1) is 11.8. The molecule has 1 fully saturated rings. The predicted molar refractivity (Wildman–Crippen MR) is 94.7 cm³/mol. The second-order valence-electron chi connectivity index (χ2n) is 6.21. The summed E-state index contributed by atoms with van der Waals surface area (Å²) in [6, 6.07) is 5.39. The van der Waals surface area contributed by atoms with Crippen LogP contribution in [0.25, 0.3) is 0 Å². The van der Waals surface area contributed by atoms with Gasteiger partial charge in [0.05, 0.1) is 10.9 Å². The molecule has 1 aromatic carbocycles. The quantitative estimate of drug-likeness (QED) is 0.751. The second kappa shape index (κ2) is 8.07. The Morgan fingerprint density at radius 1 is 1.12 bits per heavy atom. The lowest BCUT2D eigenvalue weighted by Gasteiger charge is -2.35. The number of benzene rings is 1. The fourth-order valence-electron chi connectivity index (χ4n) is 2.83. The first-order valence-corrected chi connectivity index (χ1v) is 9.87. The van der Waals surface area contributed by atoms with Gasteiger partial charge in [0, 0.05) is 31.7 Å². The largest absolute Gasteiger partial charge is 0.339 e. The Hall–Kier alpha value is -1.77. The number of amides is 1. The molecule has 138 valence electrons. The molecule has 0 aliphatic carbocycles. The standard InChI is InChI=1S/C17H25N3O4S/c1-3-4-16(18)17(22)19-9-11-20(12-10-19)25(23,24)15-7-5-14(6-8-15)13(2)21/h5-8,16H,3-4,9-12,18H2,1-2H3. The molecule has 1 aromatic rings. The summed E-state index contributed by atoms with van der Waals surface area (Å²) in [5.41, 5.74) is 6.33. The van der Waals surface area contributed by atoms with Crippen LogP contribution in [0.5, 0.6) is 0 Å². The van der Waals surface area contributed by atoms with E-state index in [9.17, 15) is 18.0 Å². The third-order valence-electron chi connectivity index (χ3n) is 4.37. The molecule has 0 spiro atoms. The highest BCUT2D eigenvalue weighted by molar-refractivity contribution is 7.89. The van der Waals surface area contributed by atoms with Gasteiger partial charge in [-0.2, -0.15) is 4.31 Å². The lowest BCUT2D eigenvalue weighted by atomic mass is 10.1. The Bertz CT molecular complexity index is 723. The topological polar surface area (TPSA) is 101 Å². The van der Waals surface area contributed by atoms with E-state index in [-0.39, 0.29) is 29.7 Å². The number of carbonyl (C=O) groups is 2. The van der Waals surface area contributed by atoms with Crippen molar-refractivity contribution in [1.82, 2.24) is 9.21 Å². The number of sulfonamides is 1. The van der Waals surface area contributed by atoms with E-state index in [4.69, 9.17) is 5.73 Å². The van der Waals surface area contributed by atoms with Gasteiger partial charge >= 0.3 is 0 Å². The van der Waals surface area contributed by atoms with Crippen LogP contribution in [0.3, 0.4) is 0 Å². The fourth-order valence-corrected chi connectivity index (χ4v) is 4.25. The van der Waals surface area contributed by atoms with Gasteiger partial charge < -0.3 is 10.6 Å². The first kappa shape index (κ1) is 19.6. The Kier molecular flexibility index (Phi) is 6.31. The molecule has 1 amide bonds. The van der Waals surface area contributed by atoms with Crippen molar-refractivity contribution in [2.45, 2.75) is 37.6 Å². The van der Waals surface area contributed by atoms with Crippen LogP contribution < -0.4 is 5.73 Å². The van der Waals surface area contributed by atoms with Crippen LogP contribution >= 0.6 is 0 Å². The zero-order chi connectivity index (χ0) is 18.6. The maximum atomic E-state index is 12.7. The van der Waals surface area contributed by atoms with Gasteiger partial charge in [0.1, 0.15) is 0 Å². The molecule has 2 rings (SSSR count). The fraction of sp³-hybridized carbons (Fsp3) is 0.529. The summed E-state index contributed by atoms with van der Waals surface area (Å²) in [7, 11) is -3.63. The molecule has 0 radical (unpaired) electrons. The molecule has 0 saturated carbocycles. The molecule has 8 heteroatoms. The predicted octanol–water partition coefficient (Wildman–Crippen LogP) is 0.850. The van der Waals surface area contributed by atoms with Crippen molar-refractivity contribution in [1.29, 1.82) is 0 Å². The molecule has 25 heavy (non-hydrogen) atoms. The minimum Gasteiger partial charge on any atom is -0.339 e. The summed E-state index contributed by atoms with van der Waals surface area (Å²) in [6.07, 6.45) is 1.46. The van der Waals surface area contributed by atoms with Crippen LogP contribution in [0.1, 0.15) is 37.0 Å². The molecular weight excluding hydrogens is 342 g/mol. The zero-order valence-corrected chi connectivity index (χ0v) is 15.5. The highest BCUT2D eigenvalue weighted by Crippen LogP contribution is 2.19. The molecular formula is C17H25N3O4S. The van der Waals surface area contributed by atoms with E-state index in [1.165, 1.54) is 35.5 Å². The third kappa shape index (κ3) is 4.45. The summed E-state index contributed by atoms with van der Waals surface area (Å²) >= 11 is 0. The number of carbonyl (C=O) groups excluding carboxylic acids is 2. The number of rotatable bonds is 6. The van der Waals surface area contributed by atoms with Crippen LogP contribution in [-0.4, -0.2) is 61.5 Å². The summed E-state index contributed by atoms with van der Waals surface area (Å²) < 4.78 is 26.8. The smallest absolute Gasteiger partial charge is 0.243 e. The third-order valence-corrected chi connectivity index (χ3v) is 6.28. The van der Waals surface area contributed by atoms with Gasteiger partial charge in [-0.05, 0) is 25.5 Å². The Morgan fingerprint density at radius 2 is 1.68 bits per heavy atom. The summed E-state index contributed by atoms with van der Waals surface area (Å²) in [4.78, 5) is 25.3. The van der Waals surface area contributed by atoms with Gasteiger partial charge in [-0.25, -0.2) is 8.42 Å². The van der Waals surface area contributed by atoms with Crippen molar-refractivity contribution < 1.29 is 18.0 Å². The number of nitrogens with zero attached hydrogens (tertiary/aromatic N) is 2. The normalized spacial score (nSPS) is 17.3. The number of piperazine rings is 1. The summed E-state index contributed by atoms with van der Waals surface area (Å²) in [5, 5.41) is 0. The van der Waals surface area contributed by atoms with Crippen LogP contribution in [-0.2, 0) is 14.8 Å². The zero-order valence-electron chi connectivity index (χ0n) is 14.6. The summed E-state index contributed by atoms with van der Waals surface area (Å²) in [6.45, 7) is 4.54. The maximum Gasteiger partial charge on any atom is 0.243 e. The van der Waals surface area contributed by atoms with Crippen LogP contribution in [0.2, 0.25) is 0 Å². The Labute approximate surface area is 148 Å². The average molecular weight is 367 g/mol. The molecule has 1 heterocycles. The van der Waals surface area contributed by atoms with Gasteiger partial charge in [0.2, 0.25) is 15.9 Å². The van der Waals surface area contributed by atoms with Crippen molar-refractivity contribution in [3.8, 4) is 0 Å². The van der Waals surface area contributed by atoms with Gasteiger partial charge in [0.25, 0.3) is 0 Å². The molecule has 1 aliphatic heterocycles. The van der Waals surface area contributed by atoms with Crippen LogP contribution in [0, 0.1) is 0 Å². The SMILES string of the molecule is CCCC(N)C(=O)N1CCN(S(=O)(=O)c2ccc(C(C)=O)cc2)CC1. The number of ketones is 1. The second-order valence-corrected chi connectivity index (χ2v) is 8.14. The van der Waals surface area contributed by atoms with Crippen LogP contribution in [0.15, 0.2) is 29.2 Å². The molecule has 7 nitrogen and oxygen atoms in total. The molecule has 0 bridgehead atoms. The van der Waals surface area contributed by atoms with Crippen molar-refractivity contribution >= 4 is 21.7 Å². The first-order valence-electron chi connectivity index (χ1n) is 8.43. The molecule has 2 N–H and O–H groups in total. The minimum atomic E-state index is -3.63. The molecule has 0 aromatic heterocycles. The van der Waals surface area contributed by atoms with E-state index in [0.29, 0.717) is 25.1 Å². The lowest BCUT2D eigenvalue weighted by molar-refractivity contribution is -0.133. The van der Waals surface area contributed by atoms with Crippen molar-refractivity contribution in [3.05, 3.63) is 29.8 Å². The van der Waals surface area contributed by atoms with Gasteiger partial charge in [-0.3, -0.25) is 9.59 Å². The van der Waals surface area contributed by atoms with Crippen LogP contribution in [0.4, 0.5) is 0 Å². The van der Waals surface area contributed by atoms with E-state index in [1.54, 1.807) is 4.90 Å². The van der Waals surface area contributed by atoms with E-state index >= 15 is 0 Å². The van der Waals surface area contributed by atoms with Gasteiger partial charge in [-0.15, -0.1) is 0 Å². The molecule has 1 aliphatic rings. The minimum absolute atomic E-state index is 0.112. The highest BCUT2D eigenvalue weighted by Gasteiger charge is 2.31. The Morgan fingerprint density at radius 3 is 2.16 bits per heavy atom. The van der Waals surface area contributed by atoms with Crippen molar-refractivity contribution in [2.75, 3.05) is 26.2 Å². The van der Waals surface area contributed by atoms with E-state index in [0.717, 1.165) is 6.42 Å². The highest BCUT2D eigenvalue weighted by atomic mass is 32.2. The monoisotopic (exact) mass is 367 g/mol. The number of hydrogen-bond donors (Lipinski definition) is 1. The van der Waals surface area contributed by atoms with E-state index in [2.05, 4.69) is 0 Å². The number of Topliss-reactive ketones (excluding diaryl/α,β-unsaturated/α-hetero) is 1. The Balaban J connectivity index is 2.03. The van der Waals surface area contributed by atoms with Gasteiger partial charge in [-0.1, -0.05) is 25.5 Å². The lowest BCUT2D eigenvalue weighted by Crippen LogP contribution is -2.54. The van der Waals surface area contributed by atoms with Crippen molar-refractivity contribution in [3.63, 3.8) is 0 Å². The molecule has 1 saturated heterocycles. The van der Waals surface area contributed by atoms with E-state index in [1.807, 2.05) is 6.92 Å². The molecule has 1 atom stereocenters. The number of nitrogens with two attached hydrogens (primary N) is 1. The summed E-state index contributed by atoms with van der Waals surface area (Å²) in [5.74, 6) is -0.232. The van der Waals surface area contributed by atoms with Crippen molar-refractivity contribution in [2.24, 2.45) is 5.73 Å². The van der Waals surface area contributed by atoms with E-state index < -0.39 is 16.1 Å². The average Bonchev–Trinajstić information content (AvgIpc) is 2.61. The van der Waals surface area contributed by atoms with Gasteiger partial charge in [0.15, 0.2) is 5.78 Å². The maximum absolute atomic E-state index is 12.7. The molecule has 1 unspecified atom stereocenters.